The zero-order chi connectivity index (χ0) is 12.5. The second kappa shape index (κ2) is 6.52. The van der Waals surface area contributed by atoms with Gasteiger partial charge in [-0.2, -0.15) is 0 Å². The predicted octanol–water partition coefficient (Wildman–Crippen LogP) is -2.30. The summed E-state index contributed by atoms with van der Waals surface area (Å²) < 4.78 is 17.3. The van der Waals surface area contributed by atoms with Gasteiger partial charge in [0.25, 0.3) is 0 Å². The van der Waals surface area contributed by atoms with E-state index in [0.29, 0.717) is 13.2 Å². The Morgan fingerprint density at radius 3 is 2.79 bits per heavy atom. The lowest BCUT2D eigenvalue weighted by atomic mass is 10.0. The molecular weight excluding hydrogens is 334 g/mol. The molecule has 5 atom stereocenters. The molecule has 2 aliphatic heterocycles. The van der Waals surface area contributed by atoms with Gasteiger partial charge in [-0.25, -0.2) is 0 Å². The first kappa shape index (κ1) is 15.2. The fraction of sp³-hybridized carbons (Fsp3) is 0.538. The number of ether oxygens (including phenoxy) is 3. The molecule has 2 fully saturated rings. The molecule has 2 heterocycles. The first-order valence-electron chi connectivity index (χ1n) is 6.15. The van der Waals surface area contributed by atoms with E-state index < -0.39 is 0 Å². The molecule has 19 heavy (non-hydrogen) atoms. The minimum atomic E-state index is -0.172. The van der Waals surface area contributed by atoms with Crippen molar-refractivity contribution in [3.63, 3.8) is 0 Å². The first-order chi connectivity index (χ1) is 8.75. The van der Waals surface area contributed by atoms with E-state index in [0.717, 1.165) is 5.56 Å². The quantitative estimate of drug-likeness (QED) is 0.624. The summed E-state index contributed by atoms with van der Waals surface area (Å²) >= 11 is 3.58. The number of hydrogen-bond acceptors (Lipinski definition) is 3. The number of fused-ring (bicyclic) bond motifs is 2. The van der Waals surface area contributed by atoms with Crippen molar-refractivity contribution < 1.29 is 32.4 Å². The van der Waals surface area contributed by atoms with Crippen LogP contribution in [0.15, 0.2) is 30.3 Å². The van der Waals surface area contributed by atoms with Gasteiger partial charge in [0.1, 0.15) is 23.1 Å². The highest BCUT2D eigenvalue weighted by Crippen LogP contribution is 2.32. The third kappa shape index (κ3) is 3.12. The van der Waals surface area contributed by atoms with Gasteiger partial charge in [-0.1, -0.05) is 46.3 Å². The van der Waals surface area contributed by atoms with Gasteiger partial charge in [-0.05, 0) is 5.56 Å². The molecule has 3 N–H and O–H groups in total. The molecule has 0 aromatic heterocycles. The average Bonchev–Trinajstić information content (AvgIpc) is 2.84. The van der Waals surface area contributed by atoms with Crippen molar-refractivity contribution in [2.45, 2.75) is 36.0 Å². The maximum Gasteiger partial charge on any atom is 0.176 e. The van der Waals surface area contributed by atoms with Crippen LogP contribution >= 0.6 is 15.9 Å². The minimum absolute atomic E-state index is 0. The van der Waals surface area contributed by atoms with Crippen LogP contribution in [0.2, 0.25) is 0 Å². The minimum Gasteiger partial charge on any atom is -1.00 e. The number of halogens is 2. The van der Waals surface area contributed by atoms with Crippen molar-refractivity contribution in [3.05, 3.63) is 35.9 Å². The molecule has 1 aromatic rings. The predicted molar refractivity (Wildman–Crippen MR) is 69.0 cm³/mol. The van der Waals surface area contributed by atoms with Crippen molar-refractivity contribution in [2.75, 3.05) is 6.61 Å². The van der Waals surface area contributed by atoms with Crippen molar-refractivity contribution in [2.24, 2.45) is 0 Å². The maximum absolute atomic E-state index is 5.98. The van der Waals surface area contributed by atoms with Crippen LogP contribution in [0.5, 0.6) is 0 Å². The molecule has 0 radical (unpaired) electrons. The Hall–Kier alpha value is -0.170. The molecule has 2 aliphatic rings. The normalized spacial score (nSPS) is 36.8. The van der Waals surface area contributed by atoms with Crippen LogP contribution in [-0.4, -0.2) is 36.0 Å². The van der Waals surface area contributed by atoms with E-state index in [9.17, 15) is 0 Å². The topological polar surface area (TPSA) is 55.3 Å². The Balaban J connectivity index is 0.00000133. The molecule has 106 valence electrons. The lowest BCUT2D eigenvalue weighted by Crippen LogP contribution is -3.00. The first-order valence-corrected chi connectivity index (χ1v) is 7.07. The molecule has 0 spiro atoms. The number of rotatable bonds is 3. The molecule has 1 aromatic carbocycles. The Morgan fingerprint density at radius 2 is 2.05 bits per heavy atom. The van der Waals surface area contributed by atoms with E-state index in [1.807, 2.05) is 18.2 Å². The van der Waals surface area contributed by atoms with E-state index in [1.54, 1.807) is 0 Å². The number of benzene rings is 1. The number of quaternary nitrogens is 1. The zero-order valence-electron chi connectivity index (χ0n) is 10.4. The van der Waals surface area contributed by atoms with E-state index in [4.69, 9.17) is 14.2 Å². The Kier molecular flexibility index (Phi) is 5.22. The van der Waals surface area contributed by atoms with Crippen molar-refractivity contribution in [3.8, 4) is 0 Å². The van der Waals surface area contributed by atoms with Crippen LogP contribution in [0, 0.1) is 0 Å². The Labute approximate surface area is 127 Å². The molecule has 0 amide bonds. The summed E-state index contributed by atoms with van der Waals surface area (Å²) in [4.78, 5) is 0.0945. The van der Waals surface area contributed by atoms with Gasteiger partial charge in [-0.3, -0.25) is 0 Å². The molecule has 0 saturated carbocycles. The third-order valence-corrected chi connectivity index (χ3v) is 4.59. The van der Waals surface area contributed by atoms with Crippen molar-refractivity contribution in [1.82, 2.24) is 0 Å². The highest BCUT2D eigenvalue weighted by atomic mass is 79.9. The van der Waals surface area contributed by atoms with Crippen molar-refractivity contribution >= 4 is 15.9 Å². The third-order valence-electron chi connectivity index (χ3n) is 3.48. The van der Waals surface area contributed by atoms with Gasteiger partial charge < -0.3 is 32.4 Å². The van der Waals surface area contributed by atoms with E-state index in [-0.39, 0.29) is 41.8 Å². The molecule has 3 rings (SSSR count). The van der Waals surface area contributed by atoms with Gasteiger partial charge in [0.2, 0.25) is 0 Å². The summed E-state index contributed by atoms with van der Waals surface area (Å²) in [5.74, 6) is 0. The molecule has 2 saturated heterocycles. The molecule has 4 nitrogen and oxygen atoms in total. The second-order valence-corrected chi connectivity index (χ2v) is 5.80. The van der Waals surface area contributed by atoms with E-state index >= 15 is 0 Å². The maximum atomic E-state index is 5.98. The molecule has 2 bridgehead atoms. The van der Waals surface area contributed by atoms with Crippen LogP contribution in [0.3, 0.4) is 0 Å². The summed E-state index contributed by atoms with van der Waals surface area (Å²) in [6.45, 7) is 1.18. The number of alkyl halides is 1. The monoisotopic (exact) mass is 349 g/mol. The summed E-state index contributed by atoms with van der Waals surface area (Å²) in [5, 5.41) is 0. The zero-order valence-corrected chi connectivity index (χ0v) is 12.7. The fourth-order valence-corrected chi connectivity index (χ4v) is 3.01. The van der Waals surface area contributed by atoms with Crippen LogP contribution in [-0.2, 0) is 20.8 Å². The molecule has 0 unspecified atom stereocenters. The Bertz CT molecular complexity index is 408. The average molecular weight is 351 g/mol. The highest BCUT2D eigenvalue weighted by Gasteiger charge is 2.51. The smallest absolute Gasteiger partial charge is 0.176 e. The summed E-state index contributed by atoms with van der Waals surface area (Å²) in [6, 6.07) is 10.3. The lowest BCUT2D eigenvalue weighted by Gasteiger charge is -2.33. The number of hydrogen-bond donors (Lipinski definition) is 1. The standard InChI is InChI=1S/C13H16BrNO3.ClH/c14-10-11(15)12(9-7-17-13(10)18-9)16-6-8-4-2-1-3-5-8;/h1-5,9-13H,6-7,15H2;1H/t9-,10-,11-,12-,13+;/m1./s1. The van der Waals surface area contributed by atoms with Gasteiger partial charge >= 0.3 is 0 Å². The van der Waals surface area contributed by atoms with Gasteiger partial charge in [0, 0.05) is 0 Å². The Morgan fingerprint density at radius 1 is 1.32 bits per heavy atom. The van der Waals surface area contributed by atoms with Crippen LogP contribution in [0.25, 0.3) is 0 Å². The van der Waals surface area contributed by atoms with Crippen molar-refractivity contribution in [1.29, 1.82) is 0 Å². The molecular formula is C13H17BrClNO3. The van der Waals surface area contributed by atoms with Gasteiger partial charge in [-0.15, -0.1) is 0 Å². The van der Waals surface area contributed by atoms with Crippen LogP contribution < -0.4 is 18.1 Å². The van der Waals surface area contributed by atoms with Crippen LogP contribution in [0.4, 0.5) is 0 Å². The van der Waals surface area contributed by atoms with E-state index in [2.05, 4.69) is 33.8 Å². The van der Waals surface area contributed by atoms with E-state index in [1.165, 1.54) is 0 Å². The summed E-state index contributed by atoms with van der Waals surface area (Å²) in [5.41, 5.74) is 5.34. The second-order valence-electron chi connectivity index (χ2n) is 4.75. The highest BCUT2D eigenvalue weighted by molar-refractivity contribution is 9.09. The van der Waals surface area contributed by atoms with Gasteiger partial charge in [0.15, 0.2) is 6.29 Å². The SMILES string of the molecule is [Cl-].[NH3+][C@@H]1[C@@H](Br)[C@H]2OC[C@@H](O2)[C@H]1OCc1ccccc1. The largest absolute Gasteiger partial charge is 1.00 e. The fourth-order valence-electron chi connectivity index (χ4n) is 2.44. The van der Waals surface area contributed by atoms with Crippen LogP contribution in [0.1, 0.15) is 5.56 Å². The molecule has 6 heteroatoms. The summed E-state index contributed by atoms with van der Waals surface area (Å²) in [7, 11) is 0. The summed E-state index contributed by atoms with van der Waals surface area (Å²) in [6.07, 6.45) is -0.183. The van der Waals surface area contributed by atoms with Gasteiger partial charge in [0.05, 0.1) is 13.2 Å². The lowest BCUT2D eigenvalue weighted by molar-refractivity contribution is -0.456. The molecule has 0 aliphatic carbocycles.